The van der Waals surface area contributed by atoms with Crippen LogP contribution in [0.25, 0.3) is 17.0 Å². The maximum Gasteiger partial charge on any atom is 0.327 e. The Hall–Kier alpha value is -3.91. The molecule has 2 aromatic carbocycles. The summed E-state index contributed by atoms with van der Waals surface area (Å²) in [6.07, 6.45) is 2.85. The zero-order valence-electron chi connectivity index (χ0n) is 17.9. The standard InChI is InChI=1S/C24H24N4O4/c1-3-27-15-20-22(23(30)26(2)24(27)31)18-6-4-5-7-19(18)28(20)14-17-10-8-16(9-11-17)12-13-21(29)25-32/h4-13,32H,3,14-15H2,1-2H3,(H,25,29)/b13-12+. The van der Waals surface area contributed by atoms with Gasteiger partial charge in [0.15, 0.2) is 0 Å². The van der Waals surface area contributed by atoms with E-state index in [1.807, 2.05) is 55.5 Å². The van der Waals surface area contributed by atoms with E-state index in [0.717, 1.165) is 27.7 Å². The summed E-state index contributed by atoms with van der Waals surface area (Å²) in [7, 11) is 1.53. The van der Waals surface area contributed by atoms with Crippen molar-refractivity contribution >= 4 is 34.8 Å². The van der Waals surface area contributed by atoms with Gasteiger partial charge in [-0.1, -0.05) is 42.5 Å². The zero-order valence-corrected chi connectivity index (χ0v) is 17.9. The number of hydrogen-bond donors (Lipinski definition) is 2. The molecule has 1 aliphatic rings. The van der Waals surface area contributed by atoms with Crippen LogP contribution in [0.2, 0.25) is 0 Å². The lowest BCUT2D eigenvalue weighted by Crippen LogP contribution is -2.41. The number of aromatic nitrogens is 1. The maximum absolute atomic E-state index is 13.2. The Balaban J connectivity index is 1.76. The molecule has 0 aliphatic carbocycles. The number of nitrogens with one attached hydrogen (secondary N) is 1. The van der Waals surface area contributed by atoms with Crippen molar-refractivity contribution in [2.24, 2.45) is 0 Å². The monoisotopic (exact) mass is 432 g/mol. The van der Waals surface area contributed by atoms with Crippen LogP contribution in [0.4, 0.5) is 4.79 Å². The van der Waals surface area contributed by atoms with Gasteiger partial charge in [0, 0.05) is 37.1 Å². The SMILES string of the molecule is CCN1Cc2c(c3ccccc3n2Cc2ccc(/C=C/C(=O)NO)cc2)C(=O)N(C)C1=O. The summed E-state index contributed by atoms with van der Waals surface area (Å²) in [5, 5.41) is 9.42. The highest BCUT2D eigenvalue weighted by molar-refractivity contribution is 6.14. The largest absolute Gasteiger partial charge is 0.338 e. The van der Waals surface area contributed by atoms with Gasteiger partial charge in [0.25, 0.3) is 11.8 Å². The number of fused-ring (bicyclic) bond motifs is 3. The lowest BCUT2D eigenvalue weighted by atomic mass is 10.1. The molecule has 1 aromatic heterocycles. The van der Waals surface area contributed by atoms with E-state index in [4.69, 9.17) is 5.21 Å². The molecular formula is C24H24N4O4. The number of carbonyl (C=O) groups excluding carboxylic acids is 3. The van der Waals surface area contributed by atoms with Crippen molar-refractivity contribution in [2.45, 2.75) is 20.0 Å². The Morgan fingerprint density at radius 3 is 2.53 bits per heavy atom. The fourth-order valence-corrected chi connectivity index (χ4v) is 4.03. The number of amides is 4. The van der Waals surface area contributed by atoms with Crippen molar-refractivity contribution in [3.8, 4) is 0 Å². The van der Waals surface area contributed by atoms with Crippen LogP contribution in [-0.4, -0.2) is 51.0 Å². The molecular weight excluding hydrogens is 408 g/mol. The van der Waals surface area contributed by atoms with E-state index in [1.165, 1.54) is 18.0 Å². The minimum atomic E-state index is -0.597. The number of rotatable bonds is 5. The number of benzene rings is 2. The highest BCUT2D eigenvalue weighted by Gasteiger charge is 2.34. The molecule has 0 fully saturated rings. The molecule has 164 valence electrons. The molecule has 8 nitrogen and oxygen atoms in total. The Morgan fingerprint density at radius 2 is 1.84 bits per heavy atom. The van der Waals surface area contributed by atoms with Crippen LogP contribution in [0.1, 0.15) is 34.1 Å². The normalized spacial score (nSPS) is 14.2. The Morgan fingerprint density at radius 1 is 1.12 bits per heavy atom. The van der Waals surface area contributed by atoms with Gasteiger partial charge in [-0.2, -0.15) is 0 Å². The molecule has 0 radical (unpaired) electrons. The molecule has 2 heterocycles. The average Bonchev–Trinajstić information content (AvgIpc) is 3.08. The van der Waals surface area contributed by atoms with Gasteiger partial charge in [-0.05, 0) is 30.2 Å². The molecule has 0 bridgehead atoms. The first-order chi connectivity index (χ1) is 15.4. The van der Waals surface area contributed by atoms with E-state index < -0.39 is 5.91 Å². The predicted octanol–water partition coefficient (Wildman–Crippen LogP) is 3.24. The zero-order chi connectivity index (χ0) is 22.8. The molecule has 1 aliphatic heterocycles. The van der Waals surface area contributed by atoms with Gasteiger partial charge < -0.3 is 9.47 Å². The quantitative estimate of drug-likeness (QED) is 0.368. The smallest absolute Gasteiger partial charge is 0.327 e. The van der Waals surface area contributed by atoms with Crippen LogP contribution in [0.5, 0.6) is 0 Å². The topological polar surface area (TPSA) is 94.9 Å². The van der Waals surface area contributed by atoms with E-state index in [2.05, 4.69) is 4.57 Å². The minimum absolute atomic E-state index is 0.293. The van der Waals surface area contributed by atoms with Crippen molar-refractivity contribution < 1.29 is 19.6 Å². The Bertz CT molecular complexity index is 1230. The van der Waals surface area contributed by atoms with Gasteiger partial charge in [-0.3, -0.25) is 19.7 Å². The molecule has 0 saturated carbocycles. The molecule has 8 heteroatoms. The molecule has 0 saturated heterocycles. The van der Waals surface area contributed by atoms with E-state index in [-0.39, 0.29) is 11.9 Å². The lowest BCUT2D eigenvalue weighted by molar-refractivity contribution is -0.124. The predicted molar refractivity (Wildman–Crippen MR) is 120 cm³/mol. The molecule has 4 rings (SSSR count). The van der Waals surface area contributed by atoms with Crippen molar-refractivity contribution in [1.82, 2.24) is 19.8 Å². The molecule has 0 atom stereocenters. The number of urea groups is 1. The van der Waals surface area contributed by atoms with Crippen LogP contribution in [0.3, 0.4) is 0 Å². The highest BCUT2D eigenvalue weighted by Crippen LogP contribution is 2.31. The summed E-state index contributed by atoms with van der Waals surface area (Å²) in [6, 6.07) is 15.1. The second-order valence-electron chi connectivity index (χ2n) is 7.64. The second kappa shape index (κ2) is 8.68. The molecule has 0 spiro atoms. The first kappa shape index (κ1) is 21.3. The number of hydroxylamine groups is 1. The van der Waals surface area contributed by atoms with Crippen LogP contribution in [0, 0.1) is 0 Å². The van der Waals surface area contributed by atoms with E-state index in [9.17, 15) is 14.4 Å². The number of imide groups is 1. The first-order valence-electron chi connectivity index (χ1n) is 10.3. The number of para-hydroxylation sites is 1. The second-order valence-corrected chi connectivity index (χ2v) is 7.64. The van der Waals surface area contributed by atoms with Crippen LogP contribution in [0.15, 0.2) is 54.6 Å². The Kier molecular flexibility index (Phi) is 5.79. The fourth-order valence-electron chi connectivity index (χ4n) is 4.03. The van der Waals surface area contributed by atoms with Crippen LogP contribution < -0.4 is 5.48 Å². The number of hydrogen-bond acceptors (Lipinski definition) is 4. The molecule has 32 heavy (non-hydrogen) atoms. The van der Waals surface area contributed by atoms with Crippen molar-refractivity contribution in [1.29, 1.82) is 0 Å². The van der Waals surface area contributed by atoms with E-state index in [1.54, 1.807) is 16.5 Å². The van der Waals surface area contributed by atoms with Gasteiger partial charge >= 0.3 is 6.03 Å². The van der Waals surface area contributed by atoms with E-state index in [0.29, 0.717) is 25.2 Å². The van der Waals surface area contributed by atoms with Crippen molar-refractivity contribution in [3.05, 3.63) is 77.0 Å². The molecule has 2 N–H and O–H groups in total. The first-order valence-corrected chi connectivity index (χ1v) is 10.3. The molecule has 3 aromatic rings. The van der Waals surface area contributed by atoms with Gasteiger partial charge in [0.05, 0.1) is 17.8 Å². The third kappa shape index (κ3) is 3.76. The van der Waals surface area contributed by atoms with Crippen molar-refractivity contribution in [3.63, 3.8) is 0 Å². The summed E-state index contributed by atoms with van der Waals surface area (Å²) in [4.78, 5) is 39.9. The lowest BCUT2D eigenvalue weighted by Gasteiger charge is -2.23. The summed E-state index contributed by atoms with van der Waals surface area (Å²) >= 11 is 0. The average molecular weight is 432 g/mol. The van der Waals surface area contributed by atoms with Gasteiger partial charge in [-0.25, -0.2) is 10.3 Å². The summed E-state index contributed by atoms with van der Waals surface area (Å²) in [5.74, 6) is -0.890. The number of nitrogens with zero attached hydrogens (tertiary/aromatic N) is 3. The summed E-state index contributed by atoms with van der Waals surface area (Å²) in [5.41, 5.74) is 5.71. The van der Waals surface area contributed by atoms with Gasteiger partial charge in [0.1, 0.15) is 0 Å². The van der Waals surface area contributed by atoms with Crippen LogP contribution >= 0.6 is 0 Å². The minimum Gasteiger partial charge on any atom is -0.338 e. The van der Waals surface area contributed by atoms with E-state index >= 15 is 0 Å². The van der Waals surface area contributed by atoms with Gasteiger partial charge in [0.2, 0.25) is 0 Å². The van der Waals surface area contributed by atoms with Gasteiger partial charge in [-0.15, -0.1) is 0 Å². The third-order valence-electron chi connectivity index (χ3n) is 5.73. The third-order valence-corrected chi connectivity index (χ3v) is 5.73. The number of carbonyl (C=O) groups is 3. The summed E-state index contributed by atoms with van der Waals surface area (Å²) < 4.78 is 2.10. The summed E-state index contributed by atoms with van der Waals surface area (Å²) in [6.45, 7) is 3.28. The van der Waals surface area contributed by atoms with Crippen molar-refractivity contribution in [2.75, 3.05) is 13.6 Å². The maximum atomic E-state index is 13.2. The molecule has 4 amide bonds. The van der Waals surface area contributed by atoms with Crippen LogP contribution in [-0.2, 0) is 17.9 Å². The highest BCUT2D eigenvalue weighted by atomic mass is 16.5. The fraction of sp³-hybridized carbons (Fsp3) is 0.208. The Labute approximate surface area is 185 Å². The molecule has 0 unspecified atom stereocenters.